The highest BCUT2D eigenvalue weighted by molar-refractivity contribution is 5.85. The lowest BCUT2D eigenvalue weighted by atomic mass is 9.89. The predicted molar refractivity (Wildman–Crippen MR) is 77.1 cm³/mol. The molecule has 1 heterocycles. The average Bonchev–Trinajstić information content (AvgIpc) is 2.21. The molecule has 0 aromatic heterocycles. The first-order valence-corrected chi connectivity index (χ1v) is 5.78. The summed E-state index contributed by atoms with van der Waals surface area (Å²) < 4.78 is 0. The van der Waals surface area contributed by atoms with E-state index in [1.54, 1.807) is 6.08 Å². The van der Waals surface area contributed by atoms with Crippen LogP contribution in [0.15, 0.2) is 12.7 Å². The zero-order valence-corrected chi connectivity index (χ0v) is 12.2. The van der Waals surface area contributed by atoms with Crippen LogP contribution in [-0.2, 0) is 4.79 Å². The molecule has 0 aromatic rings. The zero-order chi connectivity index (χ0) is 11.3. The largest absolute Gasteiger partial charge is 0.352 e. The molecule has 1 amide bonds. The van der Waals surface area contributed by atoms with Gasteiger partial charge in [0.1, 0.15) is 0 Å². The van der Waals surface area contributed by atoms with Crippen molar-refractivity contribution in [2.24, 2.45) is 5.92 Å². The summed E-state index contributed by atoms with van der Waals surface area (Å²) in [6.07, 6.45) is 4.23. The topological polar surface area (TPSA) is 41.1 Å². The van der Waals surface area contributed by atoms with Crippen molar-refractivity contribution in [1.82, 2.24) is 10.6 Å². The summed E-state index contributed by atoms with van der Waals surface area (Å²) in [5.41, 5.74) is 0. The third-order valence-corrected chi connectivity index (χ3v) is 3.12. The molecule has 1 aliphatic rings. The first-order chi connectivity index (χ1) is 7.15. The fourth-order valence-electron chi connectivity index (χ4n) is 2.10. The summed E-state index contributed by atoms with van der Waals surface area (Å²) in [6.45, 7) is 9.01. The van der Waals surface area contributed by atoms with Gasteiger partial charge in [0.25, 0.3) is 0 Å². The van der Waals surface area contributed by atoms with Gasteiger partial charge in [0, 0.05) is 18.5 Å². The van der Waals surface area contributed by atoms with Gasteiger partial charge in [-0.25, -0.2) is 0 Å². The standard InChI is InChI=1S/C12H22N2O.2ClH/c1-4-5-6-11(15)14-12-9(2)7-8-13-10(12)3;;/h4,9-10,12-13H,1,5-8H2,2-3H3,(H,14,15);2*1H. The third-order valence-electron chi connectivity index (χ3n) is 3.12. The highest BCUT2D eigenvalue weighted by Crippen LogP contribution is 2.16. The van der Waals surface area contributed by atoms with Crippen molar-refractivity contribution in [1.29, 1.82) is 0 Å². The summed E-state index contributed by atoms with van der Waals surface area (Å²) in [7, 11) is 0. The van der Waals surface area contributed by atoms with E-state index in [0.29, 0.717) is 18.4 Å². The van der Waals surface area contributed by atoms with E-state index in [1.807, 2.05) is 0 Å². The molecule has 0 radical (unpaired) electrons. The van der Waals surface area contributed by atoms with Gasteiger partial charge < -0.3 is 10.6 Å². The minimum Gasteiger partial charge on any atom is -0.352 e. The van der Waals surface area contributed by atoms with Crippen LogP contribution in [-0.4, -0.2) is 24.5 Å². The Balaban J connectivity index is 0. The summed E-state index contributed by atoms with van der Waals surface area (Å²) >= 11 is 0. The summed E-state index contributed by atoms with van der Waals surface area (Å²) in [6, 6.07) is 0.650. The molecule has 1 aliphatic heterocycles. The van der Waals surface area contributed by atoms with Crippen molar-refractivity contribution in [2.75, 3.05) is 6.54 Å². The first-order valence-electron chi connectivity index (χ1n) is 5.78. The molecule has 1 fully saturated rings. The molecule has 5 heteroatoms. The van der Waals surface area contributed by atoms with Gasteiger partial charge in [-0.05, 0) is 32.2 Å². The smallest absolute Gasteiger partial charge is 0.220 e. The van der Waals surface area contributed by atoms with Crippen LogP contribution in [0.4, 0.5) is 0 Å². The lowest BCUT2D eigenvalue weighted by Crippen LogP contribution is -2.55. The van der Waals surface area contributed by atoms with Gasteiger partial charge in [0.2, 0.25) is 5.91 Å². The predicted octanol–water partition coefficient (Wildman–Crippen LogP) is 2.30. The molecular formula is C12H24Cl2N2O. The Morgan fingerprint density at radius 3 is 2.65 bits per heavy atom. The van der Waals surface area contributed by atoms with E-state index in [9.17, 15) is 4.79 Å². The molecule has 102 valence electrons. The average molecular weight is 283 g/mol. The van der Waals surface area contributed by atoms with Crippen molar-refractivity contribution in [3.63, 3.8) is 0 Å². The number of rotatable bonds is 4. The lowest BCUT2D eigenvalue weighted by molar-refractivity contribution is -0.122. The maximum atomic E-state index is 11.6. The Morgan fingerprint density at radius 1 is 1.47 bits per heavy atom. The van der Waals surface area contributed by atoms with Crippen LogP contribution in [0.3, 0.4) is 0 Å². The van der Waals surface area contributed by atoms with Crippen LogP contribution in [0.2, 0.25) is 0 Å². The minimum absolute atomic E-state index is 0. The monoisotopic (exact) mass is 282 g/mol. The van der Waals surface area contributed by atoms with Gasteiger partial charge in [0.15, 0.2) is 0 Å². The van der Waals surface area contributed by atoms with E-state index in [4.69, 9.17) is 0 Å². The second-order valence-electron chi connectivity index (χ2n) is 4.43. The molecule has 2 N–H and O–H groups in total. The van der Waals surface area contributed by atoms with Crippen LogP contribution >= 0.6 is 24.8 Å². The van der Waals surface area contributed by atoms with Crippen molar-refractivity contribution in [3.8, 4) is 0 Å². The van der Waals surface area contributed by atoms with E-state index in [1.165, 1.54) is 0 Å². The number of carbonyl (C=O) groups excluding carboxylic acids is 1. The van der Waals surface area contributed by atoms with Crippen LogP contribution in [0.5, 0.6) is 0 Å². The van der Waals surface area contributed by atoms with Crippen molar-refractivity contribution in [2.45, 2.75) is 45.2 Å². The maximum absolute atomic E-state index is 11.6. The third kappa shape index (κ3) is 6.29. The Hall–Kier alpha value is -0.250. The highest BCUT2D eigenvalue weighted by atomic mass is 35.5. The van der Waals surface area contributed by atoms with Gasteiger partial charge in [-0.15, -0.1) is 31.4 Å². The molecule has 1 rings (SSSR count). The van der Waals surface area contributed by atoms with Crippen LogP contribution in [0.25, 0.3) is 0 Å². The van der Waals surface area contributed by atoms with E-state index >= 15 is 0 Å². The second kappa shape index (κ2) is 9.75. The van der Waals surface area contributed by atoms with Crippen LogP contribution < -0.4 is 10.6 Å². The summed E-state index contributed by atoms with van der Waals surface area (Å²) in [4.78, 5) is 11.6. The van der Waals surface area contributed by atoms with E-state index in [-0.39, 0.29) is 36.8 Å². The minimum atomic E-state index is 0. The number of piperidine rings is 1. The molecule has 0 bridgehead atoms. The second-order valence-corrected chi connectivity index (χ2v) is 4.43. The number of hydrogen-bond acceptors (Lipinski definition) is 2. The lowest BCUT2D eigenvalue weighted by Gasteiger charge is -2.36. The number of halogens is 2. The molecule has 0 saturated carbocycles. The maximum Gasteiger partial charge on any atom is 0.220 e. The van der Waals surface area contributed by atoms with E-state index in [2.05, 4.69) is 31.1 Å². The molecular weight excluding hydrogens is 259 g/mol. The SMILES string of the molecule is C=CCCC(=O)NC1C(C)CCNC1C.Cl.Cl. The Morgan fingerprint density at radius 2 is 2.12 bits per heavy atom. The van der Waals surface area contributed by atoms with Gasteiger partial charge in [-0.3, -0.25) is 4.79 Å². The summed E-state index contributed by atoms with van der Waals surface area (Å²) in [5.74, 6) is 0.705. The zero-order valence-electron chi connectivity index (χ0n) is 10.6. The molecule has 17 heavy (non-hydrogen) atoms. The normalized spacial score (nSPS) is 27.3. The fraction of sp³-hybridized carbons (Fsp3) is 0.750. The molecule has 3 nitrogen and oxygen atoms in total. The van der Waals surface area contributed by atoms with Crippen molar-refractivity contribution < 1.29 is 4.79 Å². The number of carbonyl (C=O) groups is 1. The highest BCUT2D eigenvalue weighted by Gasteiger charge is 2.28. The van der Waals surface area contributed by atoms with Crippen molar-refractivity contribution >= 4 is 30.7 Å². The molecule has 3 atom stereocenters. The van der Waals surface area contributed by atoms with Gasteiger partial charge in [0.05, 0.1) is 0 Å². The van der Waals surface area contributed by atoms with Gasteiger partial charge in [-0.1, -0.05) is 13.0 Å². The van der Waals surface area contributed by atoms with Gasteiger partial charge >= 0.3 is 0 Å². The Bertz CT molecular complexity index is 227. The summed E-state index contributed by atoms with van der Waals surface area (Å²) in [5, 5.41) is 6.49. The van der Waals surface area contributed by atoms with Gasteiger partial charge in [-0.2, -0.15) is 0 Å². The number of hydrogen-bond donors (Lipinski definition) is 2. The molecule has 3 unspecified atom stereocenters. The number of nitrogens with one attached hydrogen (secondary N) is 2. The quantitative estimate of drug-likeness (QED) is 0.777. The van der Waals surface area contributed by atoms with Crippen LogP contribution in [0, 0.1) is 5.92 Å². The Kier molecular flexibility index (Phi) is 10.9. The molecule has 0 spiro atoms. The molecule has 0 aromatic carbocycles. The fourth-order valence-corrected chi connectivity index (χ4v) is 2.10. The van der Waals surface area contributed by atoms with E-state index < -0.39 is 0 Å². The van der Waals surface area contributed by atoms with Crippen molar-refractivity contribution in [3.05, 3.63) is 12.7 Å². The van der Waals surface area contributed by atoms with Crippen LogP contribution in [0.1, 0.15) is 33.1 Å². The number of amides is 1. The Labute approximate surface area is 117 Å². The molecule has 1 saturated heterocycles. The first kappa shape index (κ1) is 19.1. The number of allylic oxidation sites excluding steroid dienone is 1. The molecule has 0 aliphatic carbocycles. The van der Waals surface area contributed by atoms with E-state index in [0.717, 1.165) is 19.4 Å².